The molecule has 7 nitrogen and oxygen atoms in total. The van der Waals surface area contributed by atoms with Gasteiger partial charge in [0.1, 0.15) is 5.60 Å². The Morgan fingerprint density at radius 2 is 1.97 bits per heavy atom. The van der Waals surface area contributed by atoms with Crippen LogP contribution in [0.5, 0.6) is 0 Å². The van der Waals surface area contributed by atoms with Crippen molar-refractivity contribution >= 4 is 17.7 Å². The van der Waals surface area contributed by atoms with Crippen molar-refractivity contribution in [1.82, 2.24) is 14.7 Å². The van der Waals surface area contributed by atoms with Crippen LogP contribution in [0, 0.1) is 5.92 Å². The topological polar surface area (TPSA) is 76.5 Å². The molecule has 2 aromatic rings. The van der Waals surface area contributed by atoms with Crippen LogP contribution >= 0.6 is 0 Å². The highest BCUT2D eigenvalue weighted by molar-refractivity contribution is 5.90. The van der Waals surface area contributed by atoms with Crippen LogP contribution in [0.25, 0.3) is 0 Å². The number of carbonyl (C=O) groups is 2. The first kappa shape index (κ1) is 20.9. The largest absolute Gasteiger partial charge is 0.444 e. The summed E-state index contributed by atoms with van der Waals surface area (Å²) in [6, 6.07) is 9.72. The first-order valence-electron chi connectivity index (χ1n) is 10.1. The summed E-state index contributed by atoms with van der Waals surface area (Å²) in [7, 11) is 0. The van der Waals surface area contributed by atoms with Gasteiger partial charge < -0.3 is 15.0 Å². The summed E-state index contributed by atoms with van der Waals surface area (Å²) in [4.78, 5) is 26.4. The average molecular weight is 399 g/mol. The van der Waals surface area contributed by atoms with Gasteiger partial charge in [-0.05, 0) is 63.3 Å². The highest BCUT2D eigenvalue weighted by Gasteiger charge is 2.27. The Morgan fingerprint density at radius 1 is 1.21 bits per heavy atom. The number of nitrogens with zero attached hydrogens (tertiary/aromatic N) is 3. The van der Waals surface area contributed by atoms with E-state index >= 15 is 0 Å². The Balaban J connectivity index is 1.45. The number of ether oxygens (including phenoxy) is 1. The van der Waals surface area contributed by atoms with Crippen LogP contribution < -0.4 is 5.32 Å². The second kappa shape index (κ2) is 9.11. The molecule has 1 fully saturated rings. The molecule has 1 N–H and O–H groups in total. The zero-order valence-electron chi connectivity index (χ0n) is 17.4. The van der Waals surface area contributed by atoms with Crippen LogP contribution in [0.15, 0.2) is 42.7 Å². The van der Waals surface area contributed by atoms with E-state index in [1.165, 1.54) is 0 Å². The predicted octanol–water partition coefficient (Wildman–Crippen LogP) is 3.91. The maximum absolute atomic E-state index is 12.5. The number of nitrogens with one attached hydrogen (secondary N) is 1. The number of piperidine rings is 1. The number of amides is 2. The zero-order valence-corrected chi connectivity index (χ0v) is 17.4. The van der Waals surface area contributed by atoms with E-state index in [4.69, 9.17) is 4.74 Å². The third-order valence-corrected chi connectivity index (χ3v) is 4.85. The fraction of sp³-hybridized carbons (Fsp3) is 0.500. The minimum Gasteiger partial charge on any atom is -0.444 e. The molecule has 0 aliphatic carbocycles. The van der Waals surface area contributed by atoms with E-state index in [2.05, 4.69) is 10.4 Å². The predicted molar refractivity (Wildman–Crippen MR) is 112 cm³/mol. The highest BCUT2D eigenvalue weighted by Crippen LogP contribution is 2.23. The molecule has 0 radical (unpaired) electrons. The molecular weight excluding hydrogens is 368 g/mol. The molecule has 156 valence electrons. The van der Waals surface area contributed by atoms with Gasteiger partial charge >= 0.3 is 6.09 Å². The number of anilines is 1. The van der Waals surface area contributed by atoms with Crippen molar-refractivity contribution in [3.63, 3.8) is 0 Å². The zero-order chi connectivity index (χ0) is 20.9. The van der Waals surface area contributed by atoms with E-state index in [-0.39, 0.29) is 17.9 Å². The quantitative estimate of drug-likeness (QED) is 0.828. The van der Waals surface area contributed by atoms with Gasteiger partial charge in [0.25, 0.3) is 0 Å². The molecule has 1 saturated heterocycles. The molecule has 0 atom stereocenters. The normalized spacial score (nSPS) is 15.2. The number of hydrogen-bond acceptors (Lipinski definition) is 4. The maximum Gasteiger partial charge on any atom is 0.410 e. The number of hydrogen-bond donors (Lipinski definition) is 1. The molecule has 1 aliphatic heterocycles. The molecular formula is C22H30N4O3. The van der Waals surface area contributed by atoms with E-state index in [1.54, 1.807) is 11.1 Å². The molecule has 3 rings (SSSR count). The molecule has 1 aliphatic rings. The molecule has 0 saturated carbocycles. The SMILES string of the molecule is CC(C)(C)OC(=O)N1CCC(CC(=O)Nc2cccc(Cn3cccn3)c2)CC1. The van der Waals surface area contributed by atoms with E-state index in [1.807, 2.05) is 62.0 Å². The first-order chi connectivity index (χ1) is 13.8. The van der Waals surface area contributed by atoms with Gasteiger partial charge in [-0.3, -0.25) is 9.48 Å². The molecule has 0 spiro atoms. The van der Waals surface area contributed by atoms with Crippen LogP contribution in [0.4, 0.5) is 10.5 Å². The monoisotopic (exact) mass is 398 g/mol. The average Bonchev–Trinajstić information content (AvgIpc) is 3.14. The molecule has 29 heavy (non-hydrogen) atoms. The Kier molecular flexibility index (Phi) is 6.56. The number of likely N-dealkylation sites (tertiary alicyclic amines) is 1. The third-order valence-electron chi connectivity index (χ3n) is 4.85. The lowest BCUT2D eigenvalue weighted by molar-refractivity contribution is -0.117. The molecule has 0 bridgehead atoms. The Morgan fingerprint density at radius 3 is 2.62 bits per heavy atom. The summed E-state index contributed by atoms with van der Waals surface area (Å²) in [5.74, 6) is 0.290. The smallest absolute Gasteiger partial charge is 0.410 e. The summed E-state index contributed by atoms with van der Waals surface area (Å²) in [6.07, 6.45) is 5.48. The van der Waals surface area contributed by atoms with Gasteiger partial charge in [-0.2, -0.15) is 5.10 Å². The van der Waals surface area contributed by atoms with Crippen LogP contribution in [0.2, 0.25) is 0 Å². The van der Waals surface area contributed by atoms with Gasteiger partial charge in [0, 0.05) is 37.6 Å². The van der Waals surface area contributed by atoms with Crippen molar-refractivity contribution < 1.29 is 14.3 Å². The van der Waals surface area contributed by atoms with Crippen molar-refractivity contribution in [3.05, 3.63) is 48.3 Å². The lowest BCUT2D eigenvalue weighted by Gasteiger charge is -2.33. The van der Waals surface area contributed by atoms with E-state index in [0.29, 0.717) is 26.1 Å². The second-order valence-electron chi connectivity index (χ2n) is 8.57. The summed E-state index contributed by atoms with van der Waals surface area (Å²) in [5.41, 5.74) is 1.39. The third kappa shape index (κ3) is 6.62. The maximum atomic E-state index is 12.5. The molecule has 0 unspecified atom stereocenters. The molecule has 7 heteroatoms. The van der Waals surface area contributed by atoms with Crippen LogP contribution in [-0.4, -0.2) is 45.4 Å². The Hall–Kier alpha value is -2.83. The standard InChI is InChI=1S/C22H30N4O3/c1-22(2,3)29-21(28)25-12-8-17(9-13-25)15-20(27)24-19-7-4-6-18(14-19)16-26-11-5-10-23-26/h4-7,10-11,14,17H,8-9,12-13,15-16H2,1-3H3,(H,24,27). The molecule has 1 aromatic carbocycles. The molecule has 2 heterocycles. The first-order valence-corrected chi connectivity index (χ1v) is 10.1. The molecule has 2 amide bonds. The number of aromatic nitrogens is 2. The van der Waals surface area contributed by atoms with E-state index in [9.17, 15) is 9.59 Å². The minimum atomic E-state index is -0.486. The summed E-state index contributed by atoms with van der Waals surface area (Å²) in [6.45, 7) is 7.53. The van der Waals surface area contributed by atoms with Crippen molar-refractivity contribution in [1.29, 1.82) is 0 Å². The lowest BCUT2D eigenvalue weighted by atomic mass is 9.93. The summed E-state index contributed by atoms with van der Waals surface area (Å²) in [5, 5.41) is 7.21. The van der Waals surface area contributed by atoms with Crippen molar-refractivity contribution in [3.8, 4) is 0 Å². The van der Waals surface area contributed by atoms with Gasteiger partial charge in [0.2, 0.25) is 5.91 Å². The van der Waals surface area contributed by atoms with Crippen molar-refractivity contribution in [2.75, 3.05) is 18.4 Å². The Labute approximate surface area is 172 Å². The van der Waals surface area contributed by atoms with Crippen molar-refractivity contribution in [2.45, 2.75) is 52.2 Å². The van der Waals surface area contributed by atoms with Gasteiger partial charge in [-0.1, -0.05) is 12.1 Å². The number of benzene rings is 1. The van der Waals surface area contributed by atoms with Crippen LogP contribution in [0.3, 0.4) is 0 Å². The summed E-state index contributed by atoms with van der Waals surface area (Å²) < 4.78 is 7.27. The fourth-order valence-electron chi connectivity index (χ4n) is 3.45. The Bertz CT molecular complexity index is 819. The number of rotatable bonds is 5. The minimum absolute atomic E-state index is 0.0111. The summed E-state index contributed by atoms with van der Waals surface area (Å²) >= 11 is 0. The van der Waals surface area contributed by atoms with E-state index in [0.717, 1.165) is 24.1 Å². The van der Waals surface area contributed by atoms with Crippen molar-refractivity contribution in [2.24, 2.45) is 5.92 Å². The molecule has 1 aromatic heterocycles. The lowest BCUT2D eigenvalue weighted by Crippen LogP contribution is -2.42. The van der Waals surface area contributed by atoms with Crippen LogP contribution in [-0.2, 0) is 16.1 Å². The van der Waals surface area contributed by atoms with E-state index < -0.39 is 5.60 Å². The second-order valence-corrected chi connectivity index (χ2v) is 8.57. The van der Waals surface area contributed by atoms with Gasteiger partial charge in [0.15, 0.2) is 0 Å². The van der Waals surface area contributed by atoms with Crippen LogP contribution in [0.1, 0.15) is 45.6 Å². The van der Waals surface area contributed by atoms with Gasteiger partial charge in [0.05, 0.1) is 6.54 Å². The number of carbonyl (C=O) groups excluding carboxylic acids is 2. The van der Waals surface area contributed by atoms with Gasteiger partial charge in [-0.15, -0.1) is 0 Å². The fourth-order valence-corrected chi connectivity index (χ4v) is 3.45. The highest BCUT2D eigenvalue weighted by atomic mass is 16.6. The van der Waals surface area contributed by atoms with Gasteiger partial charge in [-0.25, -0.2) is 4.79 Å².